The van der Waals surface area contributed by atoms with Crippen LogP contribution in [-0.2, 0) is 4.79 Å². The average molecular weight is 297 g/mol. The molecule has 1 rings (SSSR count). The zero-order chi connectivity index (χ0) is 15.9. The van der Waals surface area contributed by atoms with Gasteiger partial charge in [0.1, 0.15) is 0 Å². The molecule has 0 heterocycles. The first-order valence-corrected chi connectivity index (χ1v) is 8.69. The van der Waals surface area contributed by atoms with E-state index in [2.05, 4.69) is 37.9 Å². The zero-order valence-electron chi connectivity index (χ0n) is 14.5. The van der Waals surface area contributed by atoms with Crippen LogP contribution in [0.15, 0.2) is 0 Å². The van der Waals surface area contributed by atoms with Crippen LogP contribution in [0.3, 0.4) is 0 Å². The van der Waals surface area contributed by atoms with Crippen LogP contribution in [0.2, 0.25) is 0 Å². The van der Waals surface area contributed by atoms with E-state index in [-0.39, 0.29) is 17.5 Å². The van der Waals surface area contributed by atoms with Crippen LogP contribution >= 0.6 is 0 Å². The molecule has 124 valence electrons. The Morgan fingerprint density at radius 3 is 2.33 bits per heavy atom. The molecule has 4 nitrogen and oxygen atoms in total. The van der Waals surface area contributed by atoms with E-state index in [0.717, 1.165) is 25.8 Å². The van der Waals surface area contributed by atoms with Gasteiger partial charge in [-0.2, -0.15) is 0 Å². The fourth-order valence-electron chi connectivity index (χ4n) is 3.25. The Morgan fingerprint density at radius 2 is 1.86 bits per heavy atom. The molecule has 1 amide bonds. The second-order valence-electron chi connectivity index (χ2n) is 7.01. The number of nitrogens with two attached hydrogens (primary N) is 1. The van der Waals surface area contributed by atoms with E-state index in [0.29, 0.717) is 19.0 Å². The van der Waals surface area contributed by atoms with Crippen molar-refractivity contribution in [2.75, 3.05) is 19.6 Å². The lowest BCUT2D eigenvalue weighted by molar-refractivity contribution is -0.125. The predicted molar refractivity (Wildman–Crippen MR) is 89.2 cm³/mol. The SMILES string of the molecule is CCCN(CC(=O)NC(C)C(C)C)C1(CN)CCCCC1. The van der Waals surface area contributed by atoms with Gasteiger partial charge in [0.2, 0.25) is 5.91 Å². The molecule has 0 bridgehead atoms. The summed E-state index contributed by atoms with van der Waals surface area (Å²) in [5.41, 5.74) is 6.17. The number of hydrogen-bond donors (Lipinski definition) is 2. The molecule has 0 aliphatic heterocycles. The van der Waals surface area contributed by atoms with Crippen LogP contribution in [-0.4, -0.2) is 42.0 Å². The Hall–Kier alpha value is -0.610. The summed E-state index contributed by atoms with van der Waals surface area (Å²) < 4.78 is 0. The van der Waals surface area contributed by atoms with Gasteiger partial charge in [-0.15, -0.1) is 0 Å². The van der Waals surface area contributed by atoms with Gasteiger partial charge in [0, 0.05) is 18.1 Å². The van der Waals surface area contributed by atoms with Gasteiger partial charge in [-0.05, 0) is 38.6 Å². The topological polar surface area (TPSA) is 58.4 Å². The normalized spacial score (nSPS) is 19.8. The van der Waals surface area contributed by atoms with Crippen molar-refractivity contribution < 1.29 is 4.79 Å². The first-order valence-electron chi connectivity index (χ1n) is 8.69. The number of hydrogen-bond acceptors (Lipinski definition) is 3. The molecule has 1 fully saturated rings. The molecule has 0 aromatic rings. The van der Waals surface area contributed by atoms with E-state index in [4.69, 9.17) is 5.73 Å². The van der Waals surface area contributed by atoms with Gasteiger partial charge in [0.15, 0.2) is 0 Å². The van der Waals surface area contributed by atoms with Gasteiger partial charge in [0.05, 0.1) is 6.54 Å². The smallest absolute Gasteiger partial charge is 0.234 e. The minimum atomic E-state index is 0.0483. The van der Waals surface area contributed by atoms with Crippen LogP contribution < -0.4 is 11.1 Å². The molecule has 0 radical (unpaired) electrons. The summed E-state index contributed by atoms with van der Waals surface area (Å²) in [4.78, 5) is 14.7. The third-order valence-corrected chi connectivity index (χ3v) is 5.05. The summed E-state index contributed by atoms with van der Waals surface area (Å²) in [5.74, 6) is 0.606. The van der Waals surface area contributed by atoms with Gasteiger partial charge < -0.3 is 11.1 Å². The van der Waals surface area contributed by atoms with Crippen molar-refractivity contribution in [3.63, 3.8) is 0 Å². The molecule has 0 aromatic carbocycles. The van der Waals surface area contributed by atoms with Gasteiger partial charge in [-0.25, -0.2) is 0 Å². The standard InChI is InChI=1S/C17H35N3O/c1-5-11-20(12-16(21)19-15(4)14(2)3)17(13-18)9-7-6-8-10-17/h14-15H,5-13,18H2,1-4H3,(H,19,21). The molecule has 1 unspecified atom stereocenters. The summed E-state index contributed by atoms with van der Waals surface area (Å²) >= 11 is 0. The van der Waals surface area contributed by atoms with Crippen molar-refractivity contribution in [3.05, 3.63) is 0 Å². The number of carbonyl (C=O) groups is 1. The quantitative estimate of drug-likeness (QED) is 0.724. The van der Waals surface area contributed by atoms with Crippen molar-refractivity contribution in [1.82, 2.24) is 10.2 Å². The third kappa shape index (κ3) is 5.26. The highest BCUT2D eigenvalue weighted by atomic mass is 16.2. The minimum absolute atomic E-state index is 0.0483. The summed E-state index contributed by atoms with van der Waals surface area (Å²) in [6.45, 7) is 10.6. The first kappa shape index (κ1) is 18.4. The number of nitrogens with one attached hydrogen (secondary N) is 1. The van der Waals surface area contributed by atoms with E-state index in [9.17, 15) is 4.79 Å². The third-order valence-electron chi connectivity index (χ3n) is 5.05. The first-order chi connectivity index (χ1) is 9.95. The molecule has 1 aliphatic carbocycles. The minimum Gasteiger partial charge on any atom is -0.352 e. The van der Waals surface area contributed by atoms with E-state index in [1.54, 1.807) is 0 Å². The Kier molecular flexibility index (Phi) is 7.67. The molecule has 1 aliphatic rings. The van der Waals surface area contributed by atoms with Crippen LogP contribution in [0.5, 0.6) is 0 Å². The molecule has 4 heteroatoms. The largest absolute Gasteiger partial charge is 0.352 e. The molecule has 0 aromatic heterocycles. The Balaban J connectivity index is 2.69. The van der Waals surface area contributed by atoms with Gasteiger partial charge >= 0.3 is 0 Å². The van der Waals surface area contributed by atoms with E-state index < -0.39 is 0 Å². The summed E-state index contributed by atoms with van der Waals surface area (Å²) in [5, 5.41) is 3.13. The van der Waals surface area contributed by atoms with Crippen molar-refractivity contribution in [1.29, 1.82) is 0 Å². The fraction of sp³-hybridized carbons (Fsp3) is 0.941. The maximum absolute atomic E-state index is 12.4. The Bertz CT molecular complexity index is 311. The number of carbonyl (C=O) groups excluding carboxylic acids is 1. The lowest BCUT2D eigenvalue weighted by Gasteiger charge is -2.46. The summed E-state index contributed by atoms with van der Waals surface area (Å²) in [7, 11) is 0. The highest BCUT2D eigenvalue weighted by Crippen LogP contribution is 2.33. The molecule has 1 atom stereocenters. The van der Waals surface area contributed by atoms with Crippen molar-refractivity contribution in [3.8, 4) is 0 Å². The molecule has 0 spiro atoms. The molecule has 0 saturated heterocycles. The maximum atomic E-state index is 12.4. The summed E-state index contributed by atoms with van der Waals surface area (Å²) in [6.07, 6.45) is 7.11. The van der Waals surface area contributed by atoms with Crippen LogP contribution in [0.1, 0.15) is 66.2 Å². The lowest BCUT2D eigenvalue weighted by atomic mass is 9.80. The number of nitrogens with zero attached hydrogens (tertiary/aromatic N) is 1. The van der Waals surface area contributed by atoms with Crippen molar-refractivity contribution in [2.45, 2.75) is 77.8 Å². The van der Waals surface area contributed by atoms with E-state index in [1.165, 1.54) is 19.3 Å². The highest BCUT2D eigenvalue weighted by molar-refractivity contribution is 5.78. The average Bonchev–Trinajstić information content (AvgIpc) is 2.47. The molecule has 1 saturated carbocycles. The lowest BCUT2D eigenvalue weighted by Crippen LogP contribution is -2.58. The molecule has 21 heavy (non-hydrogen) atoms. The molecule has 3 N–H and O–H groups in total. The van der Waals surface area contributed by atoms with Crippen molar-refractivity contribution >= 4 is 5.91 Å². The maximum Gasteiger partial charge on any atom is 0.234 e. The van der Waals surface area contributed by atoms with E-state index >= 15 is 0 Å². The second-order valence-corrected chi connectivity index (χ2v) is 7.01. The van der Waals surface area contributed by atoms with Gasteiger partial charge in [-0.3, -0.25) is 9.69 Å². The van der Waals surface area contributed by atoms with Crippen LogP contribution in [0, 0.1) is 5.92 Å². The number of rotatable bonds is 8. The Labute approximate surface area is 130 Å². The van der Waals surface area contributed by atoms with Gasteiger partial charge in [0.25, 0.3) is 0 Å². The monoisotopic (exact) mass is 297 g/mol. The zero-order valence-corrected chi connectivity index (χ0v) is 14.5. The molecular formula is C17H35N3O. The molecular weight excluding hydrogens is 262 g/mol. The highest BCUT2D eigenvalue weighted by Gasteiger charge is 2.37. The fourth-order valence-corrected chi connectivity index (χ4v) is 3.25. The second kappa shape index (κ2) is 8.74. The van der Waals surface area contributed by atoms with Gasteiger partial charge in [-0.1, -0.05) is 40.0 Å². The predicted octanol–water partition coefficient (Wildman–Crippen LogP) is 2.52. The summed E-state index contributed by atoms with van der Waals surface area (Å²) in [6, 6.07) is 0.223. The van der Waals surface area contributed by atoms with Crippen LogP contribution in [0.25, 0.3) is 0 Å². The number of amides is 1. The van der Waals surface area contributed by atoms with Crippen LogP contribution in [0.4, 0.5) is 0 Å². The van der Waals surface area contributed by atoms with Crippen molar-refractivity contribution in [2.24, 2.45) is 11.7 Å². The van der Waals surface area contributed by atoms with E-state index in [1.807, 2.05) is 0 Å². The Morgan fingerprint density at radius 1 is 1.24 bits per heavy atom.